The Balaban J connectivity index is 1.72. The fraction of sp³-hybridized carbons (Fsp3) is 0.304. The maximum Gasteiger partial charge on any atom is 0.273 e. The van der Waals surface area contributed by atoms with Gasteiger partial charge in [-0.2, -0.15) is 0 Å². The number of likely N-dealkylation sites (N-methyl/N-ethyl adjacent to an activating group) is 1. The molecule has 0 radical (unpaired) electrons. The van der Waals surface area contributed by atoms with Gasteiger partial charge in [0, 0.05) is 25.4 Å². The summed E-state index contributed by atoms with van der Waals surface area (Å²) in [4.78, 5) is 19.4. The highest BCUT2D eigenvalue weighted by molar-refractivity contribution is 7.80. The van der Waals surface area contributed by atoms with Crippen LogP contribution in [0.3, 0.4) is 0 Å². The van der Waals surface area contributed by atoms with E-state index in [0.29, 0.717) is 34.5 Å². The van der Waals surface area contributed by atoms with Crippen LogP contribution in [0.1, 0.15) is 23.5 Å². The van der Waals surface area contributed by atoms with E-state index in [9.17, 15) is 10.1 Å². The summed E-state index contributed by atoms with van der Waals surface area (Å²) in [5.74, 6) is 1.64. The van der Waals surface area contributed by atoms with Crippen LogP contribution in [-0.4, -0.2) is 59.1 Å². The molecule has 1 saturated heterocycles. The number of furan rings is 1. The normalized spacial score (nSPS) is 17.9. The number of non-ortho nitro benzene ring substituents is 1. The van der Waals surface area contributed by atoms with Crippen LogP contribution in [0.15, 0.2) is 59.1 Å². The lowest BCUT2D eigenvalue weighted by Crippen LogP contribution is -2.35. The van der Waals surface area contributed by atoms with Crippen molar-refractivity contribution in [2.75, 3.05) is 34.3 Å². The molecule has 1 aliphatic rings. The molecule has 0 unspecified atom stereocenters. The highest BCUT2D eigenvalue weighted by atomic mass is 32.1. The van der Waals surface area contributed by atoms with E-state index in [1.165, 1.54) is 19.2 Å². The largest absolute Gasteiger partial charge is 0.496 e. The summed E-state index contributed by atoms with van der Waals surface area (Å²) in [5, 5.41) is 15.2. The molecule has 1 fully saturated rings. The number of nitro benzene ring substituents is 1. The van der Waals surface area contributed by atoms with Gasteiger partial charge < -0.3 is 24.3 Å². The van der Waals surface area contributed by atoms with Gasteiger partial charge in [-0.25, -0.2) is 0 Å². The zero-order chi connectivity index (χ0) is 23.5. The Kier molecular flexibility index (Phi) is 6.57. The Bertz CT molecular complexity index is 1150. The molecular weight excluding hydrogens is 442 g/mol. The van der Waals surface area contributed by atoms with Crippen LogP contribution in [0.2, 0.25) is 0 Å². The van der Waals surface area contributed by atoms with E-state index in [1.54, 1.807) is 12.3 Å². The number of hydrogen-bond donors (Lipinski definition) is 1. The first-order chi connectivity index (χ1) is 15.9. The number of aromatic nitrogens is 1. The molecule has 3 aromatic rings. The van der Waals surface area contributed by atoms with E-state index in [2.05, 4.69) is 20.1 Å². The van der Waals surface area contributed by atoms with Crippen LogP contribution in [-0.2, 0) is 0 Å². The Labute approximate surface area is 197 Å². The minimum Gasteiger partial charge on any atom is -0.496 e. The van der Waals surface area contributed by atoms with E-state index in [1.807, 2.05) is 44.4 Å². The third-order valence-electron chi connectivity index (χ3n) is 5.57. The van der Waals surface area contributed by atoms with Crippen LogP contribution in [0.5, 0.6) is 5.75 Å². The first kappa shape index (κ1) is 22.7. The Morgan fingerprint density at radius 3 is 2.76 bits per heavy atom. The lowest BCUT2D eigenvalue weighted by molar-refractivity contribution is -0.384. The quantitative estimate of drug-likeness (QED) is 0.301. The van der Waals surface area contributed by atoms with Crippen LogP contribution < -0.4 is 10.1 Å². The van der Waals surface area contributed by atoms with Crippen molar-refractivity contribution in [1.29, 1.82) is 0 Å². The second-order valence-corrected chi connectivity index (χ2v) is 8.35. The maximum atomic E-state index is 11.1. The number of rotatable bonds is 8. The van der Waals surface area contributed by atoms with Gasteiger partial charge in [0.15, 0.2) is 5.11 Å². The molecule has 0 saturated carbocycles. The second kappa shape index (κ2) is 9.55. The monoisotopic (exact) mass is 467 g/mol. The van der Waals surface area contributed by atoms with Gasteiger partial charge in [0.2, 0.25) is 0 Å². The van der Waals surface area contributed by atoms with Gasteiger partial charge >= 0.3 is 0 Å². The van der Waals surface area contributed by atoms with Gasteiger partial charge in [-0.15, -0.1) is 0 Å². The molecule has 2 aromatic heterocycles. The van der Waals surface area contributed by atoms with Gasteiger partial charge in [0.1, 0.15) is 23.3 Å². The molecule has 0 spiro atoms. The molecule has 4 rings (SSSR count). The number of hydrogen-bond acceptors (Lipinski definition) is 7. The molecule has 9 nitrogen and oxygen atoms in total. The molecule has 0 aliphatic carbocycles. The SMILES string of the molecule is COc1cc([N+](=O)[O-])ccc1-c1ccc([C@H]2[C@H](c3ccccn3)NC(=S)N2CCN(C)C)o1. The Morgan fingerprint density at radius 2 is 2.09 bits per heavy atom. The number of nitrogens with one attached hydrogen (secondary N) is 1. The van der Waals surface area contributed by atoms with Gasteiger partial charge in [-0.1, -0.05) is 6.07 Å². The van der Waals surface area contributed by atoms with E-state index in [4.69, 9.17) is 21.4 Å². The van der Waals surface area contributed by atoms with Crippen molar-refractivity contribution in [3.8, 4) is 17.1 Å². The molecule has 33 heavy (non-hydrogen) atoms. The first-order valence-electron chi connectivity index (χ1n) is 10.4. The zero-order valence-corrected chi connectivity index (χ0v) is 19.4. The van der Waals surface area contributed by atoms with Gasteiger partial charge in [-0.3, -0.25) is 15.1 Å². The second-order valence-electron chi connectivity index (χ2n) is 7.97. The highest BCUT2D eigenvalue weighted by Crippen LogP contribution is 2.41. The van der Waals surface area contributed by atoms with E-state index >= 15 is 0 Å². The predicted molar refractivity (Wildman–Crippen MR) is 128 cm³/mol. The lowest BCUT2D eigenvalue weighted by Gasteiger charge is -2.27. The third kappa shape index (κ3) is 4.67. The van der Waals surface area contributed by atoms with E-state index in [0.717, 1.165) is 12.2 Å². The first-order valence-corrected chi connectivity index (χ1v) is 10.8. The van der Waals surface area contributed by atoms with Crippen molar-refractivity contribution in [2.45, 2.75) is 12.1 Å². The summed E-state index contributed by atoms with van der Waals surface area (Å²) < 4.78 is 11.7. The molecule has 0 amide bonds. The fourth-order valence-electron chi connectivity index (χ4n) is 3.92. The topological polar surface area (TPSA) is 96.9 Å². The summed E-state index contributed by atoms with van der Waals surface area (Å²) >= 11 is 5.67. The van der Waals surface area contributed by atoms with Gasteiger partial charge in [0.25, 0.3) is 5.69 Å². The van der Waals surface area contributed by atoms with Crippen molar-refractivity contribution in [3.63, 3.8) is 0 Å². The average molecular weight is 468 g/mol. The van der Waals surface area contributed by atoms with Crippen LogP contribution >= 0.6 is 12.2 Å². The molecular formula is C23H25N5O4S. The van der Waals surface area contributed by atoms with Crippen LogP contribution in [0.4, 0.5) is 5.69 Å². The fourth-order valence-corrected chi connectivity index (χ4v) is 4.25. The lowest BCUT2D eigenvalue weighted by atomic mass is 10.0. The highest BCUT2D eigenvalue weighted by Gasteiger charge is 2.41. The molecule has 0 bridgehead atoms. The molecule has 1 aliphatic heterocycles. The molecule has 172 valence electrons. The van der Waals surface area contributed by atoms with E-state index < -0.39 is 4.92 Å². The van der Waals surface area contributed by atoms with Crippen LogP contribution in [0, 0.1) is 10.1 Å². The van der Waals surface area contributed by atoms with E-state index in [-0.39, 0.29) is 17.8 Å². The van der Waals surface area contributed by atoms with Crippen molar-refractivity contribution >= 4 is 23.0 Å². The zero-order valence-electron chi connectivity index (χ0n) is 18.6. The average Bonchev–Trinajstić information content (AvgIpc) is 3.42. The number of methoxy groups -OCH3 is 1. The number of benzene rings is 1. The predicted octanol–water partition coefficient (Wildman–Crippen LogP) is 3.79. The number of pyridine rings is 1. The van der Waals surface area contributed by atoms with Crippen LogP contribution in [0.25, 0.3) is 11.3 Å². The van der Waals surface area contributed by atoms with Crippen molar-refractivity contribution in [3.05, 3.63) is 76.3 Å². The molecule has 10 heteroatoms. The Morgan fingerprint density at radius 1 is 1.27 bits per heavy atom. The van der Waals surface area contributed by atoms with Gasteiger partial charge in [0.05, 0.1) is 35.4 Å². The maximum absolute atomic E-state index is 11.1. The molecule has 1 N–H and O–H groups in total. The number of nitro groups is 1. The minimum atomic E-state index is -0.453. The van der Waals surface area contributed by atoms with Crippen molar-refractivity contribution < 1.29 is 14.1 Å². The summed E-state index contributed by atoms with van der Waals surface area (Å²) in [6.07, 6.45) is 1.76. The third-order valence-corrected chi connectivity index (χ3v) is 5.92. The summed E-state index contributed by atoms with van der Waals surface area (Å²) in [6, 6.07) is 13.6. The Hall–Kier alpha value is -3.50. The number of thiocarbonyl (C=S) groups is 1. The smallest absolute Gasteiger partial charge is 0.273 e. The summed E-state index contributed by atoms with van der Waals surface area (Å²) in [5.41, 5.74) is 1.46. The van der Waals surface area contributed by atoms with Crippen molar-refractivity contribution in [2.24, 2.45) is 0 Å². The number of ether oxygens (including phenoxy) is 1. The standard InChI is InChI=1S/C23H25N5O4S/c1-26(2)12-13-27-22(21(25-23(27)33)17-6-4-5-11-24-17)19-10-9-18(32-19)16-8-7-15(28(29)30)14-20(16)31-3/h4-11,14,21-22H,12-13H2,1-3H3,(H,25,33)/t21-,22-/m0/s1. The van der Waals surface area contributed by atoms with Crippen molar-refractivity contribution in [1.82, 2.24) is 20.1 Å². The molecule has 1 aromatic carbocycles. The summed E-state index contributed by atoms with van der Waals surface area (Å²) in [7, 11) is 5.51. The molecule has 2 atom stereocenters. The summed E-state index contributed by atoms with van der Waals surface area (Å²) in [6.45, 7) is 1.53. The number of nitrogens with zero attached hydrogens (tertiary/aromatic N) is 4. The van der Waals surface area contributed by atoms with Gasteiger partial charge in [-0.05, 0) is 56.6 Å². The minimum absolute atomic E-state index is 0.0437. The molecule has 3 heterocycles.